The number of carbonyl (C=O) groups is 1. The zero-order chi connectivity index (χ0) is 19.5. The van der Waals surface area contributed by atoms with Crippen molar-refractivity contribution in [2.75, 3.05) is 5.32 Å². The van der Waals surface area contributed by atoms with E-state index >= 15 is 0 Å². The Morgan fingerprint density at radius 2 is 1.82 bits per heavy atom. The zero-order valence-electron chi connectivity index (χ0n) is 14.6. The van der Waals surface area contributed by atoms with Crippen LogP contribution in [0.1, 0.15) is 5.56 Å². The first-order valence-corrected chi connectivity index (χ1v) is 8.49. The molecule has 0 unspecified atom stereocenters. The molecule has 1 N–H and O–H groups in total. The van der Waals surface area contributed by atoms with E-state index in [9.17, 15) is 14.0 Å². The van der Waals surface area contributed by atoms with Crippen LogP contribution in [0.4, 0.5) is 10.1 Å². The van der Waals surface area contributed by atoms with E-state index in [4.69, 9.17) is 0 Å². The number of carbonyl (C=O) groups excluding carboxylic acids is 1. The first-order valence-electron chi connectivity index (χ1n) is 8.49. The minimum absolute atomic E-state index is 0.0198. The van der Waals surface area contributed by atoms with Gasteiger partial charge in [0.15, 0.2) is 11.2 Å². The summed E-state index contributed by atoms with van der Waals surface area (Å²) in [6.45, 7) is -0.120. The lowest BCUT2D eigenvalue weighted by molar-refractivity contribution is -0.116. The Bertz CT molecular complexity index is 1200. The molecule has 4 rings (SSSR count). The van der Waals surface area contributed by atoms with Crippen LogP contribution in [0.2, 0.25) is 0 Å². The van der Waals surface area contributed by atoms with Gasteiger partial charge in [0.2, 0.25) is 5.91 Å². The average Bonchev–Trinajstić information content (AvgIpc) is 3.10. The van der Waals surface area contributed by atoms with E-state index in [0.29, 0.717) is 11.3 Å². The van der Waals surface area contributed by atoms with Gasteiger partial charge in [-0.05, 0) is 18.2 Å². The summed E-state index contributed by atoms with van der Waals surface area (Å²) in [5.41, 5.74) is 0.792. The van der Waals surface area contributed by atoms with Crippen molar-refractivity contribution in [2.45, 2.75) is 13.1 Å². The van der Waals surface area contributed by atoms with Gasteiger partial charge in [0.25, 0.3) is 5.56 Å². The van der Waals surface area contributed by atoms with Crippen molar-refractivity contribution in [2.24, 2.45) is 0 Å². The summed E-state index contributed by atoms with van der Waals surface area (Å²) < 4.78 is 16.4. The third-order valence-corrected chi connectivity index (χ3v) is 4.14. The number of amides is 1. The minimum atomic E-state index is -0.493. The van der Waals surface area contributed by atoms with Gasteiger partial charge in [-0.1, -0.05) is 41.6 Å². The molecule has 0 bridgehead atoms. The number of nitrogens with zero attached hydrogens (tertiary/aromatic N) is 5. The van der Waals surface area contributed by atoms with Gasteiger partial charge in [-0.15, -0.1) is 5.10 Å². The molecule has 2 aromatic carbocycles. The van der Waals surface area contributed by atoms with Crippen molar-refractivity contribution < 1.29 is 9.18 Å². The van der Waals surface area contributed by atoms with E-state index in [1.807, 2.05) is 6.07 Å². The average molecular weight is 378 g/mol. The molecule has 2 aromatic heterocycles. The van der Waals surface area contributed by atoms with Gasteiger partial charge in [0, 0.05) is 11.3 Å². The minimum Gasteiger partial charge on any atom is -0.325 e. The molecule has 0 fully saturated rings. The molecule has 8 nitrogen and oxygen atoms in total. The molecule has 0 aliphatic heterocycles. The third-order valence-electron chi connectivity index (χ3n) is 4.14. The Morgan fingerprint density at radius 3 is 2.61 bits per heavy atom. The van der Waals surface area contributed by atoms with Crippen LogP contribution in [-0.2, 0) is 17.9 Å². The van der Waals surface area contributed by atoms with E-state index in [2.05, 4.69) is 20.6 Å². The molecule has 0 atom stereocenters. The molecule has 0 saturated heterocycles. The lowest BCUT2D eigenvalue weighted by atomic mass is 10.2. The van der Waals surface area contributed by atoms with Crippen LogP contribution >= 0.6 is 0 Å². The Hall–Kier alpha value is -3.88. The molecule has 0 saturated carbocycles. The van der Waals surface area contributed by atoms with E-state index in [0.717, 1.165) is 4.57 Å². The first kappa shape index (κ1) is 17.5. The van der Waals surface area contributed by atoms with Gasteiger partial charge in [-0.25, -0.2) is 14.1 Å². The molecule has 0 radical (unpaired) electrons. The molecular weight excluding hydrogens is 363 g/mol. The number of fused-ring (bicyclic) bond motifs is 1. The second-order valence-electron chi connectivity index (χ2n) is 6.10. The number of hydrogen-bond donors (Lipinski definition) is 1. The summed E-state index contributed by atoms with van der Waals surface area (Å²) in [5.74, 6) is -0.745. The summed E-state index contributed by atoms with van der Waals surface area (Å²) in [6, 6.07) is 15.2. The van der Waals surface area contributed by atoms with Crippen LogP contribution in [0.25, 0.3) is 11.2 Å². The molecule has 9 heteroatoms. The Labute approximate surface area is 158 Å². The van der Waals surface area contributed by atoms with Gasteiger partial charge >= 0.3 is 0 Å². The second kappa shape index (κ2) is 7.39. The topological polar surface area (TPSA) is 94.7 Å². The van der Waals surface area contributed by atoms with Gasteiger partial charge in [0.1, 0.15) is 18.7 Å². The van der Waals surface area contributed by atoms with E-state index in [-0.39, 0.29) is 36.0 Å². The van der Waals surface area contributed by atoms with Crippen LogP contribution in [0, 0.1) is 5.82 Å². The Kier molecular flexibility index (Phi) is 4.63. The van der Waals surface area contributed by atoms with E-state index < -0.39 is 5.56 Å². The molecule has 0 aliphatic rings. The van der Waals surface area contributed by atoms with Gasteiger partial charge in [-0.2, -0.15) is 0 Å². The second-order valence-corrected chi connectivity index (χ2v) is 6.10. The number of anilines is 1. The predicted octanol–water partition coefficient (Wildman–Crippen LogP) is 1.81. The SMILES string of the molecule is O=C(Cn1cnc2c(nnn2Cc2ccccc2F)c1=O)Nc1ccccc1. The lowest BCUT2D eigenvalue weighted by Gasteiger charge is -2.07. The van der Waals surface area contributed by atoms with Crippen LogP contribution in [0.5, 0.6) is 0 Å². The first-order chi connectivity index (χ1) is 13.6. The van der Waals surface area contributed by atoms with Crippen LogP contribution < -0.4 is 10.9 Å². The predicted molar refractivity (Wildman–Crippen MR) is 100 cm³/mol. The number of para-hydroxylation sites is 1. The molecular formula is C19H15FN6O2. The van der Waals surface area contributed by atoms with Crippen molar-refractivity contribution in [3.8, 4) is 0 Å². The summed E-state index contributed by atoms with van der Waals surface area (Å²) in [7, 11) is 0. The van der Waals surface area contributed by atoms with E-state index in [1.165, 1.54) is 17.1 Å². The molecule has 0 spiro atoms. The monoisotopic (exact) mass is 378 g/mol. The van der Waals surface area contributed by atoms with Crippen molar-refractivity contribution in [1.82, 2.24) is 24.5 Å². The van der Waals surface area contributed by atoms with Gasteiger partial charge in [0.05, 0.1) is 6.54 Å². The lowest BCUT2D eigenvalue weighted by Crippen LogP contribution is -2.28. The number of benzene rings is 2. The normalized spacial score (nSPS) is 10.9. The van der Waals surface area contributed by atoms with Crippen LogP contribution in [0.15, 0.2) is 65.7 Å². The highest BCUT2D eigenvalue weighted by atomic mass is 19.1. The number of hydrogen-bond acceptors (Lipinski definition) is 5. The number of aromatic nitrogens is 5. The van der Waals surface area contributed by atoms with Crippen LogP contribution in [-0.4, -0.2) is 30.5 Å². The highest BCUT2D eigenvalue weighted by molar-refractivity contribution is 5.90. The Morgan fingerprint density at radius 1 is 1.07 bits per heavy atom. The van der Waals surface area contributed by atoms with Gasteiger partial charge < -0.3 is 5.32 Å². The highest BCUT2D eigenvalue weighted by Gasteiger charge is 2.15. The molecule has 140 valence electrons. The fourth-order valence-electron chi connectivity index (χ4n) is 2.77. The summed E-state index contributed by atoms with van der Waals surface area (Å²) in [4.78, 5) is 29.0. The molecule has 4 aromatic rings. The fraction of sp³-hybridized carbons (Fsp3) is 0.105. The maximum absolute atomic E-state index is 13.9. The Balaban J connectivity index is 1.57. The van der Waals surface area contributed by atoms with Crippen LogP contribution in [0.3, 0.4) is 0 Å². The molecule has 2 heterocycles. The number of halogens is 1. The van der Waals surface area contributed by atoms with E-state index in [1.54, 1.807) is 42.5 Å². The number of nitrogens with one attached hydrogen (secondary N) is 1. The number of rotatable bonds is 5. The summed E-state index contributed by atoms with van der Waals surface area (Å²) in [5, 5.41) is 10.5. The maximum Gasteiger partial charge on any atom is 0.283 e. The standard InChI is InChI=1S/C19H15FN6O2/c20-15-9-5-4-6-13(15)10-26-18-17(23-24-26)19(28)25(12-21-18)11-16(27)22-14-7-2-1-3-8-14/h1-9,12H,10-11H2,(H,22,27). The molecule has 1 amide bonds. The third kappa shape index (κ3) is 3.50. The van der Waals surface area contributed by atoms with Crippen molar-refractivity contribution in [3.63, 3.8) is 0 Å². The largest absolute Gasteiger partial charge is 0.325 e. The molecule has 0 aliphatic carbocycles. The summed E-state index contributed by atoms with van der Waals surface area (Å²) >= 11 is 0. The van der Waals surface area contributed by atoms with Crippen molar-refractivity contribution in [1.29, 1.82) is 0 Å². The quantitative estimate of drug-likeness (QED) is 0.572. The van der Waals surface area contributed by atoms with Gasteiger partial charge in [-0.3, -0.25) is 14.2 Å². The highest BCUT2D eigenvalue weighted by Crippen LogP contribution is 2.11. The maximum atomic E-state index is 13.9. The fourth-order valence-corrected chi connectivity index (χ4v) is 2.77. The van der Waals surface area contributed by atoms with Crippen molar-refractivity contribution in [3.05, 3.63) is 82.7 Å². The molecule has 28 heavy (non-hydrogen) atoms. The van der Waals surface area contributed by atoms with Crippen molar-refractivity contribution >= 4 is 22.8 Å². The smallest absolute Gasteiger partial charge is 0.283 e. The summed E-state index contributed by atoms with van der Waals surface area (Å²) in [6.07, 6.45) is 1.26. The zero-order valence-corrected chi connectivity index (χ0v) is 14.6.